The average molecular weight is 553 g/mol. The lowest BCUT2D eigenvalue weighted by molar-refractivity contribution is 0.345. The van der Waals surface area contributed by atoms with E-state index in [1.54, 1.807) is 12.1 Å². The fourth-order valence-corrected chi connectivity index (χ4v) is 3.56. The molecule has 0 aliphatic rings. The van der Waals surface area contributed by atoms with E-state index >= 15 is 0 Å². The minimum Gasteiger partial charge on any atom is -0.508 e. The van der Waals surface area contributed by atoms with Crippen LogP contribution in [-0.2, 0) is 0 Å². The lowest BCUT2D eigenvalue weighted by Gasteiger charge is -2.05. The molecule has 0 aliphatic heterocycles. The van der Waals surface area contributed by atoms with Gasteiger partial charge in [-0.25, -0.2) is 0 Å². The zero-order valence-electron chi connectivity index (χ0n) is 14.3. The third-order valence-electron chi connectivity index (χ3n) is 3.91. The molecular formula is C22H17Br3O2. The zero-order chi connectivity index (χ0) is 19.2. The molecule has 4 aromatic rings. The first-order chi connectivity index (χ1) is 13.0. The van der Waals surface area contributed by atoms with Crippen LogP contribution in [0.1, 0.15) is 0 Å². The summed E-state index contributed by atoms with van der Waals surface area (Å²) < 4.78 is 7.69. The largest absolute Gasteiger partial charge is 0.508 e. The lowest BCUT2D eigenvalue weighted by Crippen LogP contribution is -1.97. The van der Waals surface area contributed by atoms with Crippen LogP contribution in [0.4, 0.5) is 0 Å². The Labute approximate surface area is 183 Å². The van der Waals surface area contributed by atoms with Gasteiger partial charge in [-0.05, 0) is 70.1 Å². The summed E-state index contributed by atoms with van der Waals surface area (Å²) in [4.78, 5) is 0. The number of alkyl halides is 1. The number of phenolic OH excluding ortho intramolecular Hbond substituents is 1. The standard InChI is InChI=1S/C12H10Br2O.C10H7BrO/c13-5-6-15-12-4-2-9-7-11(14)3-1-10(9)8-12;11-9-3-1-8-6-10(12)4-2-7(8)5-9/h1-4,7-8H,5-6H2;1-6,12H. The summed E-state index contributed by atoms with van der Waals surface area (Å²) in [5, 5.41) is 14.6. The number of aromatic hydroxyl groups is 1. The van der Waals surface area contributed by atoms with Gasteiger partial charge in [0.25, 0.3) is 0 Å². The predicted molar refractivity (Wildman–Crippen MR) is 124 cm³/mol. The molecule has 0 heterocycles. The number of ether oxygens (including phenoxy) is 1. The van der Waals surface area contributed by atoms with Crippen molar-refractivity contribution in [3.05, 3.63) is 81.7 Å². The molecule has 5 heteroatoms. The molecule has 0 radical (unpaired) electrons. The number of hydrogen-bond donors (Lipinski definition) is 1. The van der Waals surface area contributed by atoms with Crippen molar-refractivity contribution < 1.29 is 9.84 Å². The maximum absolute atomic E-state index is 9.19. The van der Waals surface area contributed by atoms with Crippen LogP contribution in [0, 0.1) is 0 Å². The van der Waals surface area contributed by atoms with Crippen molar-refractivity contribution in [3.8, 4) is 11.5 Å². The zero-order valence-corrected chi connectivity index (χ0v) is 19.1. The molecule has 0 atom stereocenters. The fraction of sp³-hybridized carbons (Fsp3) is 0.0909. The fourth-order valence-electron chi connectivity index (χ4n) is 2.64. The van der Waals surface area contributed by atoms with Gasteiger partial charge in [-0.1, -0.05) is 72.1 Å². The van der Waals surface area contributed by atoms with Crippen molar-refractivity contribution in [3.63, 3.8) is 0 Å². The van der Waals surface area contributed by atoms with Crippen molar-refractivity contribution in [2.75, 3.05) is 11.9 Å². The van der Waals surface area contributed by atoms with Crippen LogP contribution in [0.5, 0.6) is 11.5 Å². The molecule has 0 unspecified atom stereocenters. The molecule has 0 fully saturated rings. The summed E-state index contributed by atoms with van der Waals surface area (Å²) in [7, 11) is 0. The molecule has 0 saturated heterocycles. The Balaban J connectivity index is 0.000000159. The molecule has 2 nitrogen and oxygen atoms in total. The van der Waals surface area contributed by atoms with E-state index in [1.807, 2.05) is 36.4 Å². The Bertz CT molecular complexity index is 1020. The summed E-state index contributed by atoms with van der Waals surface area (Å²) in [6, 6.07) is 23.6. The van der Waals surface area contributed by atoms with E-state index in [0.29, 0.717) is 12.4 Å². The van der Waals surface area contributed by atoms with Crippen LogP contribution in [0.2, 0.25) is 0 Å². The lowest BCUT2D eigenvalue weighted by atomic mass is 10.1. The second-order valence-corrected chi connectivity index (χ2v) is 8.49. The van der Waals surface area contributed by atoms with Gasteiger partial charge < -0.3 is 9.84 Å². The highest BCUT2D eigenvalue weighted by atomic mass is 79.9. The maximum atomic E-state index is 9.19. The summed E-state index contributed by atoms with van der Waals surface area (Å²) in [6.07, 6.45) is 0. The second kappa shape index (κ2) is 9.58. The van der Waals surface area contributed by atoms with Gasteiger partial charge in [0.15, 0.2) is 0 Å². The predicted octanol–water partition coefficient (Wildman–Crippen LogP) is 7.68. The molecule has 0 spiro atoms. The van der Waals surface area contributed by atoms with Gasteiger partial charge >= 0.3 is 0 Å². The van der Waals surface area contributed by atoms with Crippen LogP contribution in [-0.4, -0.2) is 17.0 Å². The van der Waals surface area contributed by atoms with Crippen molar-refractivity contribution >= 4 is 69.3 Å². The minimum absolute atomic E-state index is 0.310. The van der Waals surface area contributed by atoms with Crippen molar-refractivity contribution in [2.24, 2.45) is 0 Å². The van der Waals surface area contributed by atoms with Crippen LogP contribution in [0.15, 0.2) is 81.7 Å². The van der Waals surface area contributed by atoms with Gasteiger partial charge in [-0.2, -0.15) is 0 Å². The second-order valence-electron chi connectivity index (χ2n) is 5.87. The highest BCUT2D eigenvalue weighted by Crippen LogP contribution is 2.24. The summed E-state index contributed by atoms with van der Waals surface area (Å²) >= 11 is 10.2. The third-order valence-corrected chi connectivity index (χ3v) is 5.22. The molecule has 0 amide bonds. The Morgan fingerprint density at radius 1 is 0.667 bits per heavy atom. The van der Waals surface area contributed by atoms with Crippen molar-refractivity contribution in [1.82, 2.24) is 0 Å². The SMILES string of the molecule is BrCCOc1ccc2cc(Br)ccc2c1.Oc1ccc2cc(Br)ccc2c1. The molecule has 4 aromatic carbocycles. The van der Waals surface area contributed by atoms with Crippen LogP contribution < -0.4 is 4.74 Å². The molecule has 0 aromatic heterocycles. The first kappa shape index (κ1) is 20.2. The molecule has 27 heavy (non-hydrogen) atoms. The van der Waals surface area contributed by atoms with Gasteiger partial charge in [-0.3, -0.25) is 0 Å². The van der Waals surface area contributed by atoms with Gasteiger partial charge in [0.1, 0.15) is 11.5 Å². The summed E-state index contributed by atoms with van der Waals surface area (Å²) in [6.45, 7) is 0.696. The highest BCUT2D eigenvalue weighted by molar-refractivity contribution is 9.10. The molecule has 138 valence electrons. The van der Waals surface area contributed by atoms with E-state index in [-0.39, 0.29) is 0 Å². The summed E-state index contributed by atoms with van der Waals surface area (Å²) in [5.74, 6) is 1.23. The van der Waals surface area contributed by atoms with E-state index in [1.165, 1.54) is 10.8 Å². The van der Waals surface area contributed by atoms with Crippen molar-refractivity contribution in [1.29, 1.82) is 0 Å². The van der Waals surface area contributed by atoms with E-state index < -0.39 is 0 Å². The smallest absolute Gasteiger partial charge is 0.119 e. The Morgan fingerprint density at radius 2 is 1.19 bits per heavy atom. The monoisotopic (exact) mass is 550 g/mol. The first-order valence-corrected chi connectivity index (χ1v) is 11.0. The number of benzene rings is 4. The summed E-state index contributed by atoms with van der Waals surface area (Å²) in [5.41, 5.74) is 0. The van der Waals surface area contributed by atoms with E-state index in [2.05, 4.69) is 72.1 Å². The Hall–Kier alpha value is -1.56. The Morgan fingerprint density at radius 3 is 1.81 bits per heavy atom. The molecule has 4 rings (SSSR count). The van der Waals surface area contributed by atoms with Crippen LogP contribution in [0.25, 0.3) is 21.5 Å². The number of halogens is 3. The molecule has 0 saturated carbocycles. The van der Waals surface area contributed by atoms with Gasteiger partial charge in [0.05, 0.1) is 6.61 Å². The molecule has 1 N–H and O–H groups in total. The van der Waals surface area contributed by atoms with Crippen LogP contribution >= 0.6 is 47.8 Å². The quantitative estimate of drug-likeness (QED) is 0.264. The van der Waals surface area contributed by atoms with Crippen LogP contribution in [0.3, 0.4) is 0 Å². The number of rotatable bonds is 3. The molecule has 0 bridgehead atoms. The minimum atomic E-state index is 0.310. The van der Waals surface area contributed by atoms with E-state index in [0.717, 1.165) is 30.8 Å². The van der Waals surface area contributed by atoms with Gasteiger partial charge in [-0.15, -0.1) is 0 Å². The Kier molecular flexibility index (Phi) is 7.16. The topological polar surface area (TPSA) is 29.5 Å². The van der Waals surface area contributed by atoms with Crippen molar-refractivity contribution in [2.45, 2.75) is 0 Å². The number of fused-ring (bicyclic) bond motifs is 2. The average Bonchev–Trinajstić information content (AvgIpc) is 2.67. The van der Waals surface area contributed by atoms with E-state index in [4.69, 9.17) is 4.74 Å². The van der Waals surface area contributed by atoms with Gasteiger partial charge in [0.2, 0.25) is 0 Å². The maximum Gasteiger partial charge on any atom is 0.119 e. The molecular weight excluding hydrogens is 536 g/mol. The molecule has 0 aliphatic carbocycles. The normalized spacial score (nSPS) is 10.5. The third kappa shape index (κ3) is 5.71. The number of hydrogen-bond acceptors (Lipinski definition) is 2. The first-order valence-electron chi connectivity index (χ1n) is 8.31. The van der Waals surface area contributed by atoms with Gasteiger partial charge in [0, 0.05) is 14.3 Å². The number of phenols is 1. The highest BCUT2D eigenvalue weighted by Gasteiger charge is 1.98. The van der Waals surface area contributed by atoms with E-state index in [9.17, 15) is 5.11 Å².